The van der Waals surface area contributed by atoms with Crippen LogP contribution in [0.1, 0.15) is 15.9 Å². The number of halogens is 1. The first-order chi connectivity index (χ1) is 8.61. The van der Waals surface area contributed by atoms with Crippen LogP contribution in [0, 0.1) is 6.92 Å². The van der Waals surface area contributed by atoms with Crippen LogP contribution in [0.2, 0.25) is 0 Å². The summed E-state index contributed by atoms with van der Waals surface area (Å²) in [6, 6.07) is 7.41. The number of hydrogen-bond acceptors (Lipinski definition) is 3. The minimum absolute atomic E-state index is 0.0374. The van der Waals surface area contributed by atoms with Gasteiger partial charge in [-0.2, -0.15) is 0 Å². The molecular formula is C14H9ClO3. The predicted octanol–water partition coefficient (Wildman–Crippen LogP) is 3.98. The van der Waals surface area contributed by atoms with E-state index < -0.39 is 5.24 Å². The van der Waals surface area contributed by atoms with Crippen molar-refractivity contribution in [2.24, 2.45) is 0 Å². The molecule has 1 N–H and O–H groups in total. The minimum Gasteiger partial charge on any atom is -0.504 e. The second-order valence-electron chi connectivity index (χ2n) is 4.15. The van der Waals surface area contributed by atoms with Crippen molar-refractivity contribution in [3.05, 3.63) is 41.7 Å². The fourth-order valence-electron chi connectivity index (χ4n) is 2.32. The number of phenolic OH excluding ortho intramolecular Hbond substituents is 1. The maximum Gasteiger partial charge on any atom is 0.256 e. The molecule has 4 heteroatoms. The summed E-state index contributed by atoms with van der Waals surface area (Å²) in [5.74, 6) is 0.0374. The zero-order valence-corrected chi connectivity index (χ0v) is 10.3. The molecule has 0 radical (unpaired) electrons. The van der Waals surface area contributed by atoms with Crippen LogP contribution in [0.4, 0.5) is 0 Å². The number of aryl methyl sites for hydroxylation is 1. The maximum atomic E-state index is 11.3. The van der Waals surface area contributed by atoms with Crippen molar-refractivity contribution < 1.29 is 14.3 Å². The summed E-state index contributed by atoms with van der Waals surface area (Å²) < 4.78 is 5.27. The zero-order valence-electron chi connectivity index (χ0n) is 9.53. The number of aromatic hydroxyl groups is 1. The zero-order chi connectivity index (χ0) is 12.9. The molecule has 3 rings (SSSR count). The summed E-state index contributed by atoms with van der Waals surface area (Å²) in [4.78, 5) is 11.3. The van der Waals surface area contributed by atoms with Crippen molar-refractivity contribution >= 4 is 38.6 Å². The van der Waals surface area contributed by atoms with Crippen LogP contribution in [0.25, 0.3) is 21.7 Å². The van der Waals surface area contributed by atoms with Crippen LogP contribution in [0.3, 0.4) is 0 Å². The van der Waals surface area contributed by atoms with E-state index in [2.05, 4.69) is 0 Å². The Morgan fingerprint density at radius 1 is 1.28 bits per heavy atom. The molecule has 18 heavy (non-hydrogen) atoms. The van der Waals surface area contributed by atoms with Crippen molar-refractivity contribution in [2.45, 2.75) is 6.92 Å². The molecular weight excluding hydrogens is 252 g/mol. The standard InChI is InChI=1S/C14H9ClO3/c1-7-8-4-2-3-5-9(8)12(16)13-11(7)10(6-18-13)14(15)17/h2-6,16H,1H3. The molecule has 0 aliphatic heterocycles. The lowest BCUT2D eigenvalue weighted by Gasteiger charge is -2.06. The van der Waals surface area contributed by atoms with Gasteiger partial charge in [0.1, 0.15) is 6.26 Å². The number of hydrogen-bond donors (Lipinski definition) is 1. The Morgan fingerprint density at radius 3 is 2.61 bits per heavy atom. The molecule has 1 heterocycles. The highest BCUT2D eigenvalue weighted by Gasteiger charge is 2.19. The summed E-state index contributed by atoms with van der Waals surface area (Å²) in [5, 5.41) is 11.7. The van der Waals surface area contributed by atoms with Gasteiger partial charge in [0.15, 0.2) is 11.3 Å². The summed E-state index contributed by atoms with van der Waals surface area (Å²) in [5.41, 5.74) is 1.46. The number of furan rings is 1. The van der Waals surface area contributed by atoms with Gasteiger partial charge >= 0.3 is 0 Å². The lowest BCUT2D eigenvalue weighted by molar-refractivity contribution is 0.108. The average Bonchev–Trinajstić information content (AvgIpc) is 2.81. The monoisotopic (exact) mass is 260 g/mol. The summed E-state index contributed by atoms with van der Waals surface area (Å²) in [7, 11) is 0. The number of carbonyl (C=O) groups is 1. The number of benzene rings is 2. The predicted molar refractivity (Wildman–Crippen MR) is 70.3 cm³/mol. The van der Waals surface area contributed by atoms with Gasteiger partial charge in [-0.05, 0) is 29.5 Å². The molecule has 3 nitrogen and oxygen atoms in total. The molecule has 0 saturated carbocycles. The van der Waals surface area contributed by atoms with Crippen LogP contribution in [-0.4, -0.2) is 10.3 Å². The van der Waals surface area contributed by atoms with E-state index in [1.165, 1.54) is 6.26 Å². The van der Waals surface area contributed by atoms with Crippen LogP contribution >= 0.6 is 11.6 Å². The quantitative estimate of drug-likeness (QED) is 0.673. The summed E-state index contributed by atoms with van der Waals surface area (Å²) in [6.45, 7) is 1.88. The van der Waals surface area contributed by atoms with Gasteiger partial charge in [-0.1, -0.05) is 24.3 Å². The van der Waals surface area contributed by atoms with Gasteiger partial charge in [-0.25, -0.2) is 0 Å². The van der Waals surface area contributed by atoms with E-state index in [0.717, 1.165) is 10.9 Å². The fraction of sp³-hybridized carbons (Fsp3) is 0.0714. The van der Waals surface area contributed by atoms with Gasteiger partial charge < -0.3 is 9.52 Å². The van der Waals surface area contributed by atoms with Crippen molar-refractivity contribution in [1.29, 1.82) is 0 Å². The van der Waals surface area contributed by atoms with E-state index in [1.54, 1.807) is 0 Å². The molecule has 0 aliphatic rings. The average molecular weight is 261 g/mol. The molecule has 0 fully saturated rings. The topological polar surface area (TPSA) is 50.4 Å². The van der Waals surface area contributed by atoms with Gasteiger partial charge in [-0.3, -0.25) is 4.79 Å². The Balaban J connectivity index is 2.61. The molecule has 2 aromatic carbocycles. The molecule has 0 spiro atoms. The van der Waals surface area contributed by atoms with Crippen LogP contribution in [0.15, 0.2) is 34.9 Å². The molecule has 90 valence electrons. The highest BCUT2D eigenvalue weighted by molar-refractivity contribution is 6.68. The normalized spacial score (nSPS) is 11.2. The molecule has 0 amide bonds. The van der Waals surface area contributed by atoms with Crippen molar-refractivity contribution in [3.8, 4) is 5.75 Å². The van der Waals surface area contributed by atoms with Gasteiger partial charge in [-0.15, -0.1) is 0 Å². The molecule has 0 saturated heterocycles. The fourth-order valence-corrected chi connectivity index (χ4v) is 2.46. The number of fused-ring (bicyclic) bond motifs is 2. The first-order valence-electron chi connectivity index (χ1n) is 5.42. The Kier molecular flexibility index (Phi) is 2.31. The maximum absolute atomic E-state index is 11.3. The van der Waals surface area contributed by atoms with E-state index in [0.29, 0.717) is 16.4 Å². The number of phenols is 1. The molecule has 1 aromatic heterocycles. The second-order valence-corrected chi connectivity index (χ2v) is 4.49. The van der Waals surface area contributed by atoms with E-state index in [1.807, 2.05) is 31.2 Å². The highest BCUT2D eigenvalue weighted by atomic mass is 35.5. The van der Waals surface area contributed by atoms with Crippen LogP contribution in [-0.2, 0) is 0 Å². The molecule has 0 unspecified atom stereocenters. The third kappa shape index (κ3) is 1.34. The smallest absolute Gasteiger partial charge is 0.256 e. The molecule has 0 atom stereocenters. The first kappa shape index (κ1) is 11.1. The van der Waals surface area contributed by atoms with E-state index in [9.17, 15) is 9.90 Å². The first-order valence-corrected chi connectivity index (χ1v) is 5.80. The Hall–Kier alpha value is -2.00. The van der Waals surface area contributed by atoms with E-state index >= 15 is 0 Å². The van der Waals surface area contributed by atoms with Crippen molar-refractivity contribution in [1.82, 2.24) is 0 Å². The minimum atomic E-state index is -0.591. The van der Waals surface area contributed by atoms with Gasteiger partial charge in [0.25, 0.3) is 5.24 Å². The largest absolute Gasteiger partial charge is 0.504 e. The Morgan fingerprint density at radius 2 is 1.94 bits per heavy atom. The third-order valence-corrected chi connectivity index (χ3v) is 3.38. The molecule has 0 bridgehead atoms. The summed E-state index contributed by atoms with van der Waals surface area (Å²) >= 11 is 5.52. The Labute approximate surface area is 108 Å². The number of rotatable bonds is 1. The SMILES string of the molecule is Cc1c2ccccc2c(O)c2occ(C(=O)Cl)c12. The van der Waals surface area contributed by atoms with E-state index in [4.69, 9.17) is 16.0 Å². The van der Waals surface area contributed by atoms with Gasteiger partial charge in [0.05, 0.1) is 5.56 Å². The highest BCUT2D eigenvalue weighted by Crippen LogP contribution is 2.39. The van der Waals surface area contributed by atoms with Gasteiger partial charge in [0.2, 0.25) is 0 Å². The van der Waals surface area contributed by atoms with Crippen LogP contribution < -0.4 is 0 Å². The lowest BCUT2D eigenvalue weighted by atomic mass is 9.99. The van der Waals surface area contributed by atoms with E-state index in [-0.39, 0.29) is 11.3 Å². The Bertz CT molecular complexity index is 786. The van der Waals surface area contributed by atoms with Crippen molar-refractivity contribution in [3.63, 3.8) is 0 Å². The number of carbonyl (C=O) groups excluding carboxylic acids is 1. The van der Waals surface area contributed by atoms with Gasteiger partial charge in [0, 0.05) is 10.8 Å². The third-order valence-electron chi connectivity index (χ3n) is 3.18. The molecule has 3 aromatic rings. The van der Waals surface area contributed by atoms with Crippen LogP contribution in [0.5, 0.6) is 5.75 Å². The lowest BCUT2D eigenvalue weighted by Crippen LogP contribution is -1.89. The molecule has 0 aliphatic carbocycles. The second kappa shape index (κ2) is 3.75. The summed E-state index contributed by atoms with van der Waals surface area (Å²) in [6.07, 6.45) is 1.28. The van der Waals surface area contributed by atoms with Crippen molar-refractivity contribution in [2.75, 3.05) is 0 Å².